The second-order valence-corrected chi connectivity index (χ2v) is 3.20. The summed E-state index contributed by atoms with van der Waals surface area (Å²) in [4.78, 5) is 15.5. The van der Waals surface area contributed by atoms with Gasteiger partial charge in [0.1, 0.15) is 6.33 Å². The summed E-state index contributed by atoms with van der Waals surface area (Å²) >= 11 is 0. The van der Waals surface area contributed by atoms with E-state index in [4.69, 9.17) is 0 Å². The fourth-order valence-electron chi connectivity index (χ4n) is 1.85. The van der Waals surface area contributed by atoms with Crippen molar-refractivity contribution in [3.63, 3.8) is 0 Å². The van der Waals surface area contributed by atoms with Crippen LogP contribution in [0, 0.1) is 0 Å². The molecule has 1 aliphatic heterocycles. The molecule has 0 saturated carbocycles. The van der Waals surface area contributed by atoms with E-state index in [1.165, 1.54) is 10.8 Å². The molecule has 0 aromatic carbocycles. The fraction of sp³-hybridized carbons (Fsp3) is 0.375. The molecule has 0 amide bonds. The quantitative estimate of drug-likeness (QED) is 0.560. The van der Waals surface area contributed by atoms with Gasteiger partial charge in [0.2, 0.25) is 5.78 Å². The smallest absolute Gasteiger partial charge is 0.275 e. The molecular weight excluding hydrogens is 168 g/mol. The van der Waals surface area contributed by atoms with Crippen LogP contribution in [0.15, 0.2) is 17.2 Å². The zero-order valence-corrected chi connectivity index (χ0v) is 6.97. The average Bonchev–Trinajstić information content (AvgIpc) is 2.66. The van der Waals surface area contributed by atoms with Gasteiger partial charge in [0.05, 0.1) is 0 Å². The minimum atomic E-state index is -0.0827. The van der Waals surface area contributed by atoms with Crippen molar-refractivity contribution < 1.29 is 0 Å². The zero-order valence-electron chi connectivity index (χ0n) is 6.97. The van der Waals surface area contributed by atoms with Gasteiger partial charge in [-0.15, -0.1) is 0 Å². The maximum Gasteiger partial charge on any atom is 0.275 e. The van der Waals surface area contributed by atoms with Gasteiger partial charge in [-0.05, 0) is 12.8 Å². The van der Waals surface area contributed by atoms with Gasteiger partial charge >= 0.3 is 0 Å². The number of nitrogens with zero attached hydrogens (tertiary/aromatic N) is 4. The van der Waals surface area contributed by atoms with Crippen LogP contribution in [-0.4, -0.2) is 19.2 Å². The lowest BCUT2D eigenvalue weighted by Crippen LogP contribution is -2.18. The van der Waals surface area contributed by atoms with Crippen molar-refractivity contribution in [1.29, 1.82) is 0 Å². The summed E-state index contributed by atoms with van der Waals surface area (Å²) in [5, 5.41) is 3.87. The minimum absolute atomic E-state index is 0.0827. The van der Waals surface area contributed by atoms with Crippen LogP contribution >= 0.6 is 0 Å². The topological polar surface area (TPSA) is 52.2 Å². The van der Waals surface area contributed by atoms with Crippen LogP contribution in [0.5, 0.6) is 0 Å². The second kappa shape index (κ2) is 2.18. The van der Waals surface area contributed by atoms with E-state index in [-0.39, 0.29) is 5.56 Å². The van der Waals surface area contributed by atoms with Crippen LogP contribution in [0.25, 0.3) is 5.78 Å². The maximum atomic E-state index is 11.4. The SMILES string of the molecule is O=c1cc2n(c3ncnn13)CCC2. The van der Waals surface area contributed by atoms with Crippen molar-refractivity contribution in [3.8, 4) is 0 Å². The predicted octanol–water partition coefficient (Wildman–Crippen LogP) is -0.163. The van der Waals surface area contributed by atoms with Gasteiger partial charge in [0.15, 0.2) is 0 Å². The molecule has 5 heteroatoms. The summed E-state index contributed by atoms with van der Waals surface area (Å²) in [7, 11) is 0. The summed E-state index contributed by atoms with van der Waals surface area (Å²) < 4.78 is 3.39. The summed E-state index contributed by atoms with van der Waals surface area (Å²) in [5.74, 6) is 0.667. The highest BCUT2D eigenvalue weighted by atomic mass is 16.1. The number of aryl methyl sites for hydroxylation is 2. The molecule has 0 spiro atoms. The van der Waals surface area contributed by atoms with Crippen LogP contribution in [0.2, 0.25) is 0 Å². The first-order valence-electron chi connectivity index (χ1n) is 4.29. The van der Waals surface area contributed by atoms with E-state index in [0.717, 1.165) is 25.1 Å². The lowest BCUT2D eigenvalue weighted by Gasteiger charge is -2.02. The molecule has 2 aromatic heterocycles. The second-order valence-electron chi connectivity index (χ2n) is 3.20. The van der Waals surface area contributed by atoms with Gasteiger partial charge in [-0.2, -0.15) is 14.6 Å². The zero-order chi connectivity index (χ0) is 8.84. The molecule has 2 aromatic rings. The lowest BCUT2D eigenvalue weighted by atomic mass is 10.3. The van der Waals surface area contributed by atoms with E-state index in [9.17, 15) is 4.79 Å². The molecule has 3 heterocycles. The Morgan fingerprint density at radius 1 is 1.46 bits per heavy atom. The van der Waals surface area contributed by atoms with E-state index >= 15 is 0 Å². The van der Waals surface area contributed by atoms with Gasteiger partial charge < -0.3 is 4.57 Å². The number of hydrogen-bond acceptors (Lipinski definition) is 3. The number of aromatic nitrogens is 4. The largest absolute Gasteiger partial charge is 0.314 e. The molecule has 0 bridgehead atoms. The molecule has 0 unspecified atom stereocenters. The normalized spacial score (nSPS) is 15.1. The van der Waals surface area contributed by atoms with Gasteiger partial charge in [-0.25, -0.2) is 0 Å². The first-order chi connectivity index (χ1) is 6.36. The van der Waals surface area contributed by atoms with Crippen LogP contribution in [0.1, 0.15) is 12.1 Å². The molecule has 1 aliphatic rings. The Morgan fingerprint density at radius 3 is 3.31 bits per heavy atom. The molecule has 0 fully saturated rings. The third-order valence-electron chi connectivity index (χ3n) is 2.43. The van der Waals surface area contributed by atoms with Crippen molar-refractivity contribution >= 4 is 5.78 Å². The molecule has 0 saturated heterocycles. The first-order valence-corrected chi connectivity index (χ1v) is 4.29. The Hall–Kier alpha value is -1.65. The van der Waals surface area contributed by atoms with Crippen molar-refractivity contribution in [2.45, 2.75) is 19.4 Å². The van der Waals surface area contributed by atoms with Crippen LogP contribution in [0.3, 0.4) is 0 Å². The molecule has 13 heavy (non-hydrogen) atoms. The highest BCUT2D eigenvalue weighted by molar-refractivity contribution is 5.31. The van der Waals surface area contributed by atoms with E-state index in [1.807, 2.05) is 0 Å². The maximum absolute atomic E-state index is 11.4. The molecule has 3 rings (SSSR count). The summed E-state index contributed by atoms with van der Waals surface area (Å²) in [6.07, 6.45) is 3.48. The Labute approximate surface area is 73.6 Å². The van der Waals surface area contributed by atoms with Crippen LogP contribution in [-0.2, 0) is 13.0 Å². The van der Waals surface area contributed by atoms with Gasteiger partial charge in [0.25, 0.3) is 5.56 Å². The predicted molar refractivity (Wildman–Crippen MR) is 45.6 cm³/mol. The average molecular weight is 176 g/mol. The molecule has 66 valence electrons. The van der Waals surface area contributed by atoms with E-state index in [1.54, 1.807) is 6.07 Å². The first kappa shape index (κ1) is 6.82. The third-order valence-corrected chi connectivity index (χ3v) is 2.43. The summed E-state index contributed by atoms with van der Waals surface area (Å²) in [5.41, 5.74) is 0.992. The molecule has 0 N–H and O–H groups in total. The third kappa shape index (κ3) is 0.783. The highest BCUT2D eigenvalue weighted by Crippen LogP contribution is 2.13. The van der Waals surface area contributed by atoms with E-state index in [2.05, 4.69) is 14.6 Å². The lowest BCUT2D eigenvalue weighted by molar-refractivity contribution is 0.729. The van der Waals surface area contributed by atoms with Crippen molar-refractivity contribution in [2.24, 2.45) is 0 Å². The Morgan fingerprint density at radius 2 is 2.38 bits per heavy atom. The van der Waals surface area contributed by atoms with Crippen molar-refractivity contribution in [1.82, 2.24) is 19.2 Å². The van der Waals surface area contributed by atoms with E-state index < -0.39 is 0 Å². The monoisotopic (exact) mass is 176 g/mol. The summed E-state index contributed by atoms with van der Waals surface area (Å²) in [6.45, 7) is 0.942. The van der Waals surface area contributed by atoms with Gasteiger partial charge in [-0.1, -0.05) is 0 Å². The number of fused-ring (bicyclic) bond motifs is 3. The van der Waals surface area contributed by atoms with Crippen LogP contribution in [0.4, 0.5) is 0 Å². The fourth-order valence-corrected chi connectivity index (χ4v) is 1.85. The summed E-state index contributed by atoms with van der Waals surface area (Å²) in [6, 6.07) is 1.65. The van der Waals surface area contributed by atoms with Gasteiger partial charge in [0, 0.05) is 18.3 Å². The Bertz CT molecular complexity index is 524. The number of hydrogen-bond donors (Lipinski definition) is 0. The standard InChI is InChI=1S/C8H8N4O/c13-7-4-6-2-1-3-11(6)8-9-5-10-12(7)8/h4-5H,1-3H2. The molecule has 0 atom stereocenters. The number of rotatable bonds is 0. The van der Waals surface area contributed by atoms with Gasteiger partial charge in [-0.3, -0.25) is 4.79 Å². The molecule has 5 nitrogen and oxygen atoms in total. The van der Waals surface area contributed by atoms with Crippen LogP contribution < -0.4 is 5.56 Å². The Balaban J connectivity index is 2.55. The van der Waals surface area contributed by atoms with E-state index in [0.29, 0.717) is 5.78 Å². The molecule has 0 radical (unpaired) electrons. The highest BCUT2D eigenvalue weighted by Gasteiger charge is 2.14. The Kier molecular flexibility index (Phi) is 1.15. The van der Waals surface area contributed by atoms with Crippen molar-refractivity contribution in [2.75, 3.05) is 0 Å². The minimum Gasteiger partial charge on any atom is -0.314 e. The molecular formula is C8H8N4O. The molecule has 0 aliphatic carbocycles. The van der Waals surface area contributed by atoms with Crippen molar-refractivity contribution in [3.05, 3.63) is 28.4 Å².